The predicted molar refractivity (Wildman–Crippen MR) is 90.2 cm³/mol. The minimum absolute atomic E-state index is 0.0104. The summed E-state index contributed by atoms with van der Waals surface area (Å²) in [4.78, 5) is 26.0. The molecule has 0 radical (unpaired) electrons. The number of phenolic OH excluding ortho intramolecular Hbond substituents is 2. The van der Waals surface area contributed by atoms with Crippen LogP contribution in [0, 0.1) is 0 Å². The first kappa shape index (κ1) is 17.3. The number of aromatic hydroxyl groups is 2. The zero-order valence-electron chi connectivity index (χ0n) is 13.5. The number of phenols is 2. The summed E-state index contributed by atoms with van der Waals surface area (Å²) in [6, 6.07) is 8.37. The average Bonchev–Trinajstić information content (AvgIpc) is 2.56. The van der Waals surface area contributed by atoms with Gasteiger partial charge in [-0.25, -0.2) is 4.79 Å². The fraction of sp³-hybridized carbons (Fsp3) is 0.222. The maximum atomic E-state index is 12.7. The first-order chi connectivity index (χ1) is 11.4. The molecule has 126 valence electrons. The number of carboxylic acid groups (broad SMARTS) is 1. The van der Waals surface area contributed by atoms with Crippen LogP contribution < -0.4 is 4.90 Å². The van der Waals surface area contributed by atoms with Gasteiger partial charge in [-0.1, -0.05) is 12.1 Å². The van der Waals surface area contributed by atoms with E-state index in [-0.39, 0.29) is 28.2 Å². The minimum atomic E-state index is -1.32. The van der Waals surface area contributed by atoms with Crippen molar-refractivity contribution < 1.29 is 24.9 Å². The molecule has 0 saturated carbocycles. The smallest absolute Gasteiger partial charge is 0.336 e. The van der Waals surface area contributed by atoms with Crippen molar-refractivity contribution in [1.29, 1.82) is 0 Å². The molecular weight excluding hydrogens is 310 g/mol. The van der Waals surface area contributed by atoms with Crippen LogP contribution >= 0.6 is 0 Å². The largest absolute Gasteiger partial charge is 0.507 e. The number of benzene rings is 2. The Morgan fingerprint density at radius 3 is 2.08 bits per heavy atom. The molecule has 0 aliphatic carbocycles. The number of carbonyl (C=O) groups excluding carboxylic acids is 1. The van der Waals surface area contributed by atoms with Crippen LogP contribution in [-0.2, 0) is 0 Å². The second-order valence-electron chi connectivity index (χ2n) is 5.21. The van der Waals surface area contributed by atoms with Crippen molar-refractivity contribution >= 4 is 17.4 Å². The number of anilines is 1. The Balaban J connectivity index is 2.66. The molecule has 0 atom stereocenters. The number of hydrogen-bond donors (Lipinski definition) is 3. The molecular formula is C18H19NO5. The van der Waals surface area contributed by atoms with Gasteiger partial charge in [0.2, 0.25) is 0 Å². The van der Waals surface area contributed by atoms with Crippen molar-refractivity contribution in [3.05, 3.63) is 53.1 Å². The molecule has 0 spiro atoms. The molecule has 3 N–H and O–H groups in total. The Morgan fingerprint density at radius 2 is 1.54 bits per heavy atom. The molecule has 6 nitrogen and oxygen atoms in total. The van der Waals surface area contributed by atoms with Gasteiger partial charge < -0.3 is 20.2 Å². The monoisotopic (exact) mass is 329 g/mol. The van der Waals surface area contributed by atoms with E-state index in [0.717, 1.165) is 6.07 Å². The number of nitrogens with zero attached hydrogens (tertiary/aromatic N) is 1. The number of aromatic carboxylic acids is 1. The molecule has 0 bridgehead atoms. The maximum absolute atomic E-state index is 12.7. The molecule has 2 rings (SSSR count). The van der Waals surface area contributed by atoms with Gasteiger partial charge in [-0.2, -0.15) is 0 Å². The molecule has 0 aliphatic rings. The molecule has 0 saturated heterocycles. The normalized spacial score (nSPS) is 10.4. The van der Waals surface area contributed by atoms with E-state index in [2.05, 4.69) is 0 Å². The quantitative estimate of drug-likeness (QED) is 0.705. The summed E-state index contributed by atoms with van der Waals surface area (Å²) in [6.07, 6.45) is 0. The van der Waals surface area contributed by atoms with E-state index in [1.54, 1.807) is 12.1 Å². The maximum Gasteiger partial charge on any atom is 0.336 e. The molecule has 0 amide bonds. The van der Waals surface area contributed by atoms with E-state index in [9.17, 15) is 24.9 Å². The lowest BCUT2D eigenvalue weighted by Gasteiger charge is -2.23. The average molecular weight is 329 g/mol. The Labute approximate surface area is 139 Å². The van der Waals surface area contributed by atoms with Gasteiger partial charge in [0, 0.05) is 18.7 Å². The van der Waals surface area contributed by atoms with Crippen molar-refractivity contribution in [3.8, 4) is 11.5 Å². The number of carboxylic acids is 1. The topological polar surface area (TPSA) is 98.1 Å². The number of ketones is 1. The highest BCUT2D eigenvalue weighted by Crippen LogP contribution is 2.33. The Bertz CT molecular complexity index is 781. The lowest BCUT2D eigenvalue weighted by Crippen LogP contribution is -2.23. The molecule has 6 heteroatoms. The lowest BCUT2D eigenvalue weighted by atomic mass is 9.96. The SMILES string of the molecule is CCN(CC)c1cc(C(=O)c2ccccc2O)c(C(=O)O)cc1O. The van der Waals surface area contributed by atoms with Gasteiger partial charge in [-0.3, -0.25) is 4.79 Å². The van der Waals surface area contributed by atoms with E-state index in [4.69, 9.17) is 0 Å². The van der Waals surface area contributed by atoms with Gasteiger partial charge in [-0.05, 0) is 38.1 Å². The van der Waals surface area contributed by atoms with E-state index < -0.39 is 11.8 Å². The van der Waals surface area contributed by atoms with Crippen molar-refractivity contribution in [3.63, 3.8) is 0 Å². The number of rotatable bonds is 6. The van der Waals surface area contributed by atoms with Crippen molar-refractivity contribution in [1.82, 2.24) is 0 Å². The third-order valence-electron chi connectivity index (χ3n) is 3.84. The molecule has 0 aliphatic heterocycles. The molecule has 0 fully saturated rings. The summed E-state index contributed by atoms with van der Waals surface area (Å²) < 4.78 is 0. The van der Waals surface area contributed by atoms with Crippen LogP contribution in [0.5, 0.6) is 11.5 Å². The highest BCUT2D eigenvalue weighted by atomic mass is 16.4. The molecule has 0 heterocycles. The Morgan fingerprint density at radius 1 is 0.917 bits per heavy atom. The highest BCUT2D eigenvalue weighted by molar-refractivity contribution is 6.16. The second kappa shape index (κ2) is 7.04. The Kier molecular flexibility index (Phi) is 5.08. The minimum Gasteiger partial charge on any atom is -0.507 e. The first-order valence-electron chi connectivity index (χ1n) is 7.58. The fourth-order valence-corrected chi connectivity index (χ4v) is 2.57. The number of hydrogen-bond acceptors (Lipinski definition) is 5. The summed E-state index contributed by atoms with van der Waals surface area (Å²) in [5.41, 5.74) is 0.000293. The van der Waals surface area contributed by atoms with E-state index in [0.29, 0.717) is 18.8 Å². The first-order valence-corrected chi connectivity index (χ1v) is 7.58. The molecule has 0 unspecified atom stereocenters. The summed E-state index contributed by atoms with van der Waals surface area (Å²) in [7, 11) is 0. The van der Waals surface area contributed by atoms with Crippen molar-refractivity contribution in [2.75, 3.05) is 18.0 Å². The van der Waals surface area contributed by atoms with Gasteiger partial charge in [0.25, 0.3) is 0 Å². The van der Waals surface area contributed by atoms with Crippen LogP contribution in [0.3, 0.4) is 0 Å². The molecule has 24 heavy (non-hydrogen) atoms. The van der Waals surface area contributed by atoms with Gasteiger partial charge in [0.05, 0.1) is 16.8 Å². The van der Waals surface area contributed by atoms with Gasteiger partial charge >= 0.3 is 5.97 Å². The number of para-hydroxylation sites is 1. The van der Waals surface area contributed by atoms with Crippen LogP contribution in [-0.4, -0.2) is 40.2 Å². The number of carbonyl (C=O) groups is 2. The molecule has 2 aromatic rings. The van der Waals surface area contributed by atoms with Crippen LogP contribution in [0.4, 0.5) is 5.69 Å². The summed E-state index contributed by atoms with van der Waals surface area (Å²) in [5.74, 6) is -2.37. The van der Waals surface area contributed by atoms with Gasteiger partial charge in [-0.15, -0.1) is 0 Å². The lowest BCUT2D eigenvalue weighted by molar-refractivity contribution is 0.0692. The Hall–Kier alpha value is -3.02. The van der Waals surface area contributed by atoms with Gasteiger partial charge in [0.15, 0.2) is 5.78 Å². The van der Waals surface area contributed by atoms with E-state index in [1.165, 1.54) is 18.2 Å². The zero-order chi connectivity index (χ0) is 17.9. The van der Waals surface area contributed by atoms with E-state index in [1.807, 2.05) is 18.7 Å². The third kappa shape index (κ3) is 3.17. The van der Waals surface area contributed by atoms with Crippen LogP contribution in [0.1, 0.15) is 40.1 Å². The summed E-state index contributed by atoms with van der Waals surface area (Å²) in [5, 5.41) is 29.4. The van der Waals surface area contributed by atoms with Crippen LogP contribution in [0.25, 0.3) is 0 Å². The zero-order valence-corrected chi connectivity index (χ0v) is 13.5. The predicted octanol–water partition coefficient (Wildman–Crippen LogP) is 2.87. The van der Waals surface area contributed by atoms with Gasteiger partial charge in [0.1, 0.15) is 11.5 Å². The molecule has 2 aromatic carbocycles. The van der Waals surface area contributed by atoms with E-state index >= 15 is 0 Å². The van der Waals surface area contributed by atoms with Crippen molar-refractivity contribution in [2.24, 2.45) is 0 Å². The second-order valence-corrected chi connectivity index (χ2v) is 5.21. The van der Waals surface area contributed by atoms with Crippen molar-refractivity contribution in [2.45, 2.75) is 13.8 Å². The summed E-state index contributed by atoms with van der Waals surface area (Å²) >= 11 is 0. The summed E-state index contributed by atoms with van der Waals surface area (Å²) in [6.45, 7) is 4.94. The third-order valence-corrected chi connectivity index (χ3v) is 3.84. The van der Waals surface area contributed by atoms with Crippen LogP contribution in [0.2, 0.25) is 0 Å². The highest BCUT2D eigenvalue weighted by Gasteiger charge is 2.24. The van der Waals surface area contributed by atoms with Crippen LogP contribution in [0.15, 0.2) is 36.4 Å². The fourth-order valence-electron chi connectivity index (χ4n) is 2.57. The molecule has 0 aromatic heterocycles. The standard InChI is InChI=1S/C18H19NO5/c1-3-19(4-2)14-9-12(13(18(23)24)10-16(14)21)17(22)11-7-5-6-8-15(11)20/h5-10,20-21H,3-4H2,1-2H3,(H,23,24).